The second-order valence-corrected chi connectivity index (χ2v) is 4.63. The average molecular weight is 260 g/mol. The van der Waals surface area contributed by atoms with Gasteiger partial charge in [-0.05, 0) is 41.4 Å². The molecule has 0 aliphatic heterocycles. The van der Waals surface area contributed by atoms with Gasteiger partial charge in [0.05, 0.1) is 6.04 Å². The van der Waals surface area contributed by atoms with Crippen molar-refractivity contribution < 1.29 is 0 Å². The summed E-state index contributed by atoms with van der Waals surface area (Å²) >= 11 is 1.67. The molecule has 0 aliphatic carbocycles. The normalized spacial score (nSPS) is 13.1. The van der Waals surface area contributed by atoms with Crippen LogP contribution in [-0.2, 0) is 0 Å². The van der Waals surface area contributed by atoms with Crippen LogP contribution < -0.4 is 16.6 Å². The highest BCUT2D eigenvalue weighted by molar-refractivity contribution is 7.07. The van der Waals surface area contributed by atoms with Crippen molar-refractivity contribution in [3.63, 3.8) is 0 Å². The van der Waals surface area contributed by atoms with Gasteiger partial charge in [0.1, 0.15) is 0 Å². The third-order valence-corrected chi connectivity index (χ3v) is 3.22. The Bertz CT molecular complexity index is 493. The van der Waals surface area contributed by atoms with Crippen molar-refractivity contribution in [2.24, 2.45) is 10.8 Å². The number of nitrogens with one attached hydrogen (secondary N) is 2. The Hall–Kier alpha value is -1.85. The van der Waals surface area contributed by atoms with E-state index in [9.17, 15) is 0 Å². The first-order valence-corrected chi connectivity index (χ1v) is 6.62. The van der Waals surface area contributed by atoms with Gasteiger partial charge in [-0.15, -0.1) is 0 Å². The van der Waals surface area contributed by atoms with Crippen molar-refractivity contribution in [1.29, 1.82) is 0 Å². The number of hydrazine groups is 1. The zero-order valence-electron chi connectivity index (χ0n) is 10.1. The van der Waals surface area contributed by atoms with Crippen LogP contribution in [0.4, 0.5) is 5.69 Å². The summed E-state index contributed by atoms with van der Waals surface area (Å²) in [6.45, 7) is 2.03. The molecule has 1 heterocycles. The van der Waals surface area contributed by atoms with Crippen molar-refractivity contribution in [1.82, 2.24) is 5.43 Å². The van der Waals surface area contributed by atoms with E-state index >= 15 is 0 Å². The lowest BCUT2D eigenvalue weighted by molar-refractivity contribution is 0.808. The molecule has 1 atom stereocenters. The van der Waals surface area contributed by atoms with Crippen LogP contribution in [0.25, 0.3) is 0 Å². The summed E-state index contributed by atoms with van der Waals surface area (Å²) < 4.78 is 0. The van der Waals surface area contributed by atoms with Gasteiger partial charge in [-0.3, -0.25) is 5.43 Å². The van der Waals surface area contributed by atoms with Crippen LogP contribution in [0.2, 0.25) is 0 Å². The van der Waals surface area contributed by atoms with E-state index in [0.717, 1.165) is 5.69 Å². The average Bonchev–Trinajstić information content (AvgIpc) is 2.93. The van der Waals surface area contributed by atoms with Gasteiger partial charge in [0.25, 0.3) is 0 Å². The molecule has 2 rings (SSSR count). The van der Waals surface area contributed by atoms with E-state index in [1.54, 1.807) is 11.3 Å². The molecular formula is C13H16N4S. The number of aliphatic imine (C=N–C) groups is 1. The molecule has 0 saturated carbocycles. The van der Waals surface area contributed by atoms with Gasteiger partial charge in [-0.2, -0.15) is 11.3 Å². The number of hydrogen-bond acceptors (Lipinski definition) is 3. The predicted octanol–water partition coefficient (Wildman–Crippen LogP) is 2.74. The maximum Gasteiger partial charge on any atom is 0.210 e. The van der Waals surface area contributed by atoms with Gasteiger partial charge in [-0.25, -0.2) is 10.8 Å². The van der Waals surface area contributed by atoms with E-state index in [2.05, 4.69) is 27.2 Å². The molecule has 0 saturated heterocycles. The molecule has 5 heteroatoms. The Morgan fingerprint density at radius 3 is 2.67 bits per heavy atom. The molecule has 0 amide bonds. The predicted molar refractivity (Wildman–Crippen MR) is 77.6 cm³/mol. The maximum atomic E-state index is 5.48. The summed E-state index contributed by atoms with van der Waals surface area (Å²) in [5, 5.41) is 7.27. The molecule has 0 bridgehead atoms. The summed E-state index contributed by atoms with van der Waals surface area (Å²) in [4.78, 5) is 4.51. The van der Waals surface area contributed by atoms with Crippen LogP contribution in [0.15, 0.2) is 52.2 Å². The highest BCUT2D eigenvalue weighted by Gasteiger charge is 2.05. The molecule has 0 radical (unpaired) electrons. The zero-order valence-corrected chi connectivity index (χ0v) is 10.9. The summed E-state index contributed by atoms with van der Waals surface area (Å²) in [6.07, 6.45) is 0. The largest absolute Gasteiger partial charge is 0.325 e. The molecule has 4 nitrogen and oxygen atoms in total. The number of guanidine groups is 1. The third-order valence-electron chi connectivity index (χ3n) is 2.52. The van der Waals surface area contributed by atoms with E-state index in [-0.39, 0.29) is 6.04 Å². The van der Waals surface area contributed by atoms with Crippen molar-refractivity contribution in [2.75, 3.05) is 5.32 Å². The van der Waals surface area contributed by atoms with Crippen LogP contribution in [0, 0.1) is 0 Å². The fraction of sp³-hybridized carbons (Fsp3) is 0.154. The van der Waals surface area contributed by atoms with E-state index in [4.69, 9.17) is 5.84 Å². The minimum atomic E-state index is 0.0681. The molecule has 4 N–H and O–H groups in total. The number of benzene rings is 1. The lowest BCUT2D eigenvalue weighted by Gasteiger charge is -2.11. The van der Waals surface area contributed by atoms with Crippen molar-refractivity contribution in [3.8, 4) is 0 Å². The standard InChI is InChI=1S/C13H16N4S/c1-10(11-7-8-18-9-11)15-13(17-14)16-12-5-3-2-4-6-12/h2-10H,14H2,1H3,(H2,15,16,17). The summed E-state index contributed by atoms with van der Waals surface area (Å²) in [5.74, 6) is 6.04. The third kappa shape index (κ3) is 3.32. The first-order chi connectivity index (χ1) is 8.79. The smallest absolute Gasteiger partial charge is 0.210 e. The number of para-hydroxylation sites is 1. The topological polar surface area (TPSA) is 62.4 Å². The molecule has 2 aromatic rings. The van der Waals surface area contributed by atoms with Crippen LogP contribution in [0.1, 0.15) is 18.5 Å². The Morgan fingerprint density at radius 1 is 1.28 bits per heavy atom. The van der Waals surface area contributed by atoms with Gasteiger partial charge < -0.3 is 5.32 Å². The molecule has 1 unspecified atom stereocenters. The number of rotatable bonds is 3. The number of anilines is 1. The van der Waals surface area contributed by atoms with Gasteiger partial charge in [0, 0.05) is 5.69 Å². The monoisotopic (exact) mass is 260 g/mol. The first kappa shape index (κ1) is 12.6. The molecule has 1 aromatic carbocycles. The lowest BCUT2D eigenvalue weighted by Crippen LogP contribution is -2.36. The van der Waals surface area contributed by atoms with Crippen LogP contribution in [-0.4, -0.2) is 5.96 Å². The molecule has 0 spiro atoms. The highest BCUT2D eigenvalue weighted by atomic mass is 32.1. The number of nitrogens with two attached hydrogens (primary N) is 1. The number of nitrogens with zero attached hydrogens (tertiary/aromatic N) is 1. The quantitative estimate of drug-likeness (QED) is 0.344. The SMILES string of the molecule is CC(N=C(NN)Nc1ccccc1)c1ccsc1. The molecular weight excluding hydrogens is 244 g/mol. The highest BCUT2D eigenvalue weighted by Crippen LogP contribution is 2.19. The van der Waals surface area contributed by atoms with Gasteiger partial charge in [0.2, 0.25) is 5.96 Å². The Kier molecular flexibility index (Phi) is 4.33. The van der Waals surface area contributed by atoms with Crippen molar-refractivity contribution in [2.45, 2.75) is 13.0 Å². The van der Waals surface area contributed by atoms with Crippen LogP contribution in [0.5, 0.6) is 0 Å². The molecule has 94 valence electrons. The van der Waals surface area contributed by atoms with E-state index in [1.165, 1.54) is 5.56 Å². The Labute approximate surface area is 111 Å². The van der Waals surface area contributed by atoms with Crippen molar-refractivity contribution >= 4 is 23.0 Å². The summed E-state index contributed by atoms with van der Waals surface area (Å²) in [6, 6.07) is 11.9. The summed E-state index contributed by atoms with van der Waals surface area (Å²) in [7, 11) is 0. The van der Waals surface area contributed by atoms with Crippen LogP contribution in [0.3, 0.4) is 0 Å². The van der Waals surface area contributed by atoms with Gasteiger partial charge in [0.15, 0.2) is 0 Å². The Morgan fingerprint density at radius 2 is 2.06 bits per heavy atom. The molecule has 18 heavy (non-hydrogen) atoms. The lowest BCUT2D eigenvalue weighted by atomic mass is 10.2. The minimum Gasteiger partial charge on any atom is -0.325 e. The first-order valence-electron chi connectivity index (χ1n) is 5.68. The molecule has 1 aromatic heterocycles. The Balaban J connectivity index is 2.09. The summed E-state index contributed by atoms with van der Waals surface area (Å²) in [5.41, 5.74) is 4.72. The fourth-order valence-electron chi connectivity index (χ4n) is 1.54. The van der Waals surface area contributed by atoms with E-state index < -0.39 is 0 Å². The zero-order chi connectivity index (χ0) is 12.8. The minimum absolute atomic E-state index is 0.0681. The fourth-order valence-corrected chi connectivity index (χ4v) is 2.29. The molecule has 0 aliphatic rings. The molecule has 0 fully saturated rings. The number of thiophene rings is 1. The second kappa shape index (κ2) is 6.18. The van der Waals surface area contributed by atoms with E-state index in [0.29, 0.717) is 5.96 Å². The van der Waals surface area contributed by atoms with E-state index in [1.807, 2.05) is 42.6 Å². The van der Waals surface area contributed by atoms with Gasteiger partial charge >= 0.3 is 0 Å². The van der Waals surface area contributed by atoms with Crippen molar-refractivity contribution in [3.05, 3.63) is 52.7 Å². The maximum absolute atomic E-state index is 5.48. The van der Waals surface area contributed by atoms with Crippen LogP contribution >= 0.6 is 11.3 Å². The second-order valence-electron chi connectivity index (χ2n) is 3.85. The number of hydrogen-bond donors (Lipinski definition) is 3. The van der Waals surface area contributed by atoms with Gasteiger partial charge in [-0.1, -0.05) is 18.2 Å².